The summed E-state index contributed by atoms with van der Waals surface area (Å²) < 4.78 is 5.77. The van der Waals surface area contributed by atoms with Crippen molar-refractivity contribution in [3.63, 3.8) is 0 Å². The predicted molar refractivity (Wildman–Crippen MR) is 72.0 cm³/mol. The molecule has 0 bridgehead atoms. The number of likely N-dealkylation sites (tertiary alicyclic amines) is 1. The lowest BCUT2D eigenvalue weighted by Crippen LogP contribution is -2.22. The summed E-state index contributed by atoms with van der Waals surface area (Å²) in [6.45, 7) is 6.43. The van der Waals surface area contributed by atoms with Crippen LogP contribution < -0.4 is 4.74 Å². The van der Waals surface area contributed by atoms with E-state index in [9.17, 15) is 0 Å². The lowest BCUT2D eigenvalue weighted by atomic mass is 10.2. The first-order chi connectivity index (χ1) is 8.27. The first-order valence-electron chi connectivity index (χ1n) is 6.37. The van der Waals surface area contributed by atoms with Crippen molar-refractivity contribution in [3.8, 4) is 5.75 Å². The highest BCUT2D eigenvalue weighted by atomic mass is 35.5. The highest BCUT2D eigenvalue weighted by Gasteiger charge is 2.10. The van der Waals surface area contributed by atoms with Gasteiger partial charge in [0.05, 0.1) is 11.6 Å². The number of ether oxygens (including phenoxy) is 1. The Labute approximate surface area is 109 Å². The van der Waals surface area contributed by atoms with E-state index in [1.807, 2.05) is 25.1 Å². The average molecular weight is 254 g/mol. The molecule has 0 aliphatic carbocycles. The van der Waals surface area contributed by atoms with Crippen LogP contribution in [0.1, 0.15) is 24.8 Å². The van der Waals surface area contributed by atoms with Crippen LogP contribution in [0.15, 0.2) is 18.2 Å². The molecule has 0 amide bonds. The van der Waals surface area contributed by atoms with E-state index in [0.717, 1.165) is 30.9 Å². The fourth-order valence-corrected chi connectivity index (χ4v) is 2.54. The standard InChI is InChI=1S/C14H20ClNO/c1-12-6-4-7-13(15)14(12)17-11-5-10-16-8-2-3-9-16/h4,6-7H,2-3,5,8-11H2,1H3. The van der Waals surface area contributed by atoms with Crippen molar-refractivity contribution in [2.75, 3.05) is 26.2 Å². The van der Waals surface area contributed by atoms with E-state index in [1.54, 1.807) is 0 Å². The van der Waals surface area contributed by atoms with Crippen molar-refractivity contribution in [1.29, 1.82) is 0 Å². The van der Waals surface area contributed by atoms with Crippen LogP contribution in [-0.4, -0.2) is 31.1 Å². The lowest BCUT2D eigenvalue weighted by Gasteiger charge is -2.15. The maximum Gasteiger partial charge on any atom is 0.140 e. The fraction of sp³-hybridized carbons (Fsp3) is 0.571. The van der Waals surface area contributed by atoms with Crippen LogP contribution in [0.4, 0.5) is 0 Å². The third kappa shape index (κ3) is 3.62. The molecule has 0 saturated carbocycles. The Balaban J connectivity index is 1.74. The third-order valence-electron chi connectivity index (χ3n) is 3.23. The number of para-hydroxylation sites is 1. The maximum absolute atomic E-state index is 6.10. The molecule has 0 N–H and O–H groups in total. The van der Waals surface area contributed by atoms with Gasteiger partial charge in [0.1, 0.15) is 5.75 Å². The van der Waals surface area contributed by atoms with E-state index in [1.165, 1.54) is 25.9 Å². The first kappa shape index (κ1) is 12.7. The van der Waals surface area contributed by atoms with Crippen LogP contribution in [0.5, 0.6) is 5.75 Å². The normalized spacial score (nSPS) is 16.4. The molecule has 2 rings (SSSR count). The molecule has 0 radical (unpaired) electrons. The summed E-state index contributed by atoms with van der Waals surface area (Å²) in [5.74, 6) is 0.843. The average Bonchev–Trinajstić information content (AvgIpc) is 2.80. The minimum atomic E-state index is 0.714. The van der Waals surface area contributed by atoms with Gasteiger partial charge >= 0.3 is 0 Å². The Kier molecular flexibility index (Phi) is 4.69. The molecule has 17 heavy (non-hydrogen) atoms. The van der Waals surface area contributed by atoms with Gasteiger partial charge in [-0.15, -0.1) is 0 Å². The zero-order valence-electron chi connectivity index (χ0n) is 10.4. The first-order valence-corrected chi connectivity index (χ1v) is 6.75. The SMILES string of the molecule is Cc1cccc(Cl)c1OCCCN1CCCC1. The van der Waals surface area contributed by atoms with Gasteiger partial charge in [0.2, 0.25) is 0 Å². The summed E-state index contributed by atoms with van der Waals surface area (Å²) >= 11 is 6.10. The van der Waals surface area contributed by atoms with Gasteiger partial charge in [-0.2, -0.15) is 0 Å². The largest absolute Gasteiger partial charge is 0.492 e. The predicted octanol–water partition coefficient (Wildman–Crippen LogP) is 3.51. The number of benzene rings is 1. The molecule has 1 saturated heterocycles. The summed E-state index contributed by atoms with van der Waals surface area (Å²) in [5, 5.41) is 0.714. The van der Waals surface area contributed by atoms with Crippen LogP contribution in [0.25, 0.3) is 0 Å². The molecule has 1 aliphatic heterocycles. The van der Waals surface area contributed by atoms with Crippen molar-refractivity contribution in [2.45, 2.75) is 26.2 Å². The van der Waals surface area contributed by atoms with E-state index in [2.05, 4.69) is 4.90 Å². The molecule has 3 heteroatoms. The van der Waals surface area contributed by atoms with Gasteiger partial charge in [-0.3, -0.25) is 0 Å². The van der Waals surface area contributed by atoms with Gasteiger partial charge in [0, 0.05) is 6.54 Å². The van der Waals surface area contributed by atoms with Crippen molar-refractivity contribution in [2.24, 2.45) is 0 Å². The molecule has 1 heterocycles. The molecule has 0 atom stereocenters. The number of hydrogen-bond acceptors (Lipinski definition) is 2. The molecular formula is C14H20ClNO. The number of rotatable bonds is 5. The smallest absolute Gasteiger partial charge is 0.140 e. The van der Waals surface area contributed by atoms with Crippen LogP contribution in [0.3, 0.4) is 0 Å². The monoisotopic (exact) mass is 253 g/mol. The van der Waals surface area contributed by atoms with Gasteiger partial charge in [-0.1, -0.05) is 23.7 Å². The second-order valence-electron chi connectivity index (χ2n) is 4.64. The molecule has 1 aliphatic rings. The maximum atomic E-state index is 6.10. The van der Waals surface area contributed by atoms with Crippen LogP contribution in [-0.2, 0) is 0 Å². The molecule has 2 nitrogen and oxygen atoms in total. The molecule has 1 aromatic rings. The summed E-state index contributed by atoms with van der Waals surface area (Å²) in [6.07, 6.45) is 3.78. The van der Waals surface area contributed by atoms with Crippen molar-refractivity contribution >= 4 is 11.6 Å². The number of aryl methyl sites for hydroxylation is 1. The van der Waals surface area contributed by atoms with E-state index in [0.29, 0.717) is 5.02 Å². The molecule has 1 aromatic carbocycles. The minimum absolute atomic E-state index is 0.714. The summed E-state index contributed by atoms with van der Waals surface area (Å²) in [6, 6.07) is 5.86. The Morgan fingerprint density at radius 2 is 2.06 bits per heavy atom. The highest BCUT2D eigenvalue weighted by molar-refractivity contribution is 6.32. The minimum Gasteiger partial charge on any atom is -0.492 e. The Hall–Kier alpha value is -0.730. The van der Waals surface area contributed by atoms with E-state index >= 15 is 0 Å². The summed E-state index contributed by atoms with van der Waals surface area (Å²) in [4.78, 5) is 2.50. The Bertz CT molecular complexity index is 341. The number of nitrogens with zero attached hydrogens (tertiary/aromatic N) is 1. The number of halogens is 1. The van der Waals surface area contributed by atoms with Crippen molar-refractivity contribution in [1.82, 2.24) is 4.90 Å². The molecule has 94 valence electrons. The molecule has 0 aromatic heterocycles. The fourth-order valence-electron chi connectivity index (χ4n) is 2.27. The molecule has 1 fully saturated rings. The van der Waals surface area contributed by atoms with Gasteiger partial charge in [0.25, 0.3) is 0 Å². The number of hydrogen-bond donors (Lipinski definition) is 0. The second-order valence-corrected chi connectivity index (χ2v) is 5.04. The van der Waals surface area contributed by atoms with Gasteiger partial charge in [0.15, 0.2) is 0 Å². The molecular weight excluding hydrogens is 234 g/mol. The van der Waals surface area contributed by atoms with E-state index < -0.39 is 0 Å². The van der Waals surface area contributed by atoms with Gasteiger partial charge < -0.3 is 9.64 Å². The zero-order valence-corrected chi connectivity index (χ0v) is 11.2. The highest BCUT2D eigenvalue weighted by Crippen LogP contribution is 2.27. The van der Waals surface area contributed by atoms with Gasteiger partial charge in [-0.05, 0) is 50.9 Å². The second kappa shape index (κ2) is 6.27. The summed E-state index contributed by atoms with van der Waals surface area (Å²) in [7, 11) is 0. The summed E-state index contributed by atoms with van der Waals surface area (Å²) in [5.41, 5.74) is 1.11. The quantitative estimate of drug-likeness (QED) is 0.745. The van der Waals surface area contributed by atoms with Crippen molar-refractivity contribution in [3.05, 3.63) is 28.8 Å². The van der Waals surface area contributed by atoms with E-state index in [-0.39, 0.29) is 0 Å². The lowest BCUT2D eigenvalue weighted by molar-refractivity contribution is 0.262. The van der Waals surface area contributed by atoms with E-state index in [4.69, 9.17) is 16.3 Å². The van der Waals surface area contributed by atoms with Crippen LogP contribution >= 0.6 is 11.6 Å². The Morgan fingerprint density at radius 1 is 1.29 bits per heavy atom. The topological polar surface area (TPSA) is 12.5 Å². The molecule has 0 spiro atoms. The molecule has 0 unspecified atom stereocenters. The Morgan fingerprint density at radius 3 is 2.76 bits per heavy atom. The van der Waals surface area contributed by atoms with Crippen molar-refractivity contribution < 1.29 is 4.74 Å². The van der Waals surface area contributed by atoms with Crippen LogP contribution in [0, 0.1) is 6.92 Å². The van der Waals surface area contributed by atoms with Crippen LogP contribution in [0.2, 0.25) is 5.02 Å². The third-order valence-corrected chi connectivity index (χ3v) is 3.53. The zero-order chi connectivity index (χ0) is 12.1. The van der Waals surface area contributed by atoms with Gasteiger partial charge in [-0.25, -0.2) is 0 Å².